The minimum atomic E-state index is 0.328. The number of thiophene rings is 1. The highest BCUT2D eigenvalue weighted by molar-refractivity contribution is 9.10. The second-order valence-electron chi connectivity index (χ2n) is 4.78. The van der Waals surface area contributed by atoms with E-state index in [1.54, 1.807) is 11.3 Å². The molecule has 2 bridgehead atoms. The van der Waals surface area contributed by atoms with Crippen LogP contribution in [-0.2, 0) is 0 Å². The molecule has 1 nitrogen and oxygen atoms in total. The summed E-state index contributed by atoms with van der Waals surface area (Å²) in [5.41, 5.74) is 0.914. The van der Waals surface area contributed by atoms with Crippen molar-refractivity contribution >= 4 is 33.0 Å². The molecule has 1 heterocycles. The average Bonchev–Trinajstić information content (AvgIpc) is 2.91. The third kappa shape index (κ3) is 1.60. The molecule has 2 aliphatic carbocycles. The second kappa shape index (κ2) is 3.70. The Bertz CT molecular complexity index is 398. The van der Waals surface area contributed by atoms with E-state index in [1.807, 2.05) is 10.8 Å². The Morgan fingerprint density at radius 1 is 1.33 bits per heavy atom. The molecule has 3 rings (SSSR count). The second-order valence-corrected chi connectivity index (χ2v) is 6.38. The fraction of sp³-hybridized carbons (Fsp3) is 0.583. The van der Waals surface area contributed by atoms with Crippen LogP contribution in [0.1, 0.15) is 36.0 Å². The first-order valence-electron chi connectivity index (χ1n) is 5.51. The van der Waals surface area contributed by atoms with Gasteiger partial charge in [0.05, 0.1) is 0 Å². The first-order valence-corrected chi connectivity index (χ1v) is 7.25. The highest BCUT2D eigenvalue weighted by Gasteiger charge is 2.43. The van der Waals surface area contributed by atoms with Crippen LogP contribution in [0.5, 0.6) is 0 Å². The van der Waals surface area contributed by atoms with Crippen molar-refractivity contribution in [2.45, 2.75) is 25.7 Å². The smallest absolute Gasteiger partial charge is 0.168 e. The Morgan fingerprint density at radius 3 is 2.73 bits per heavy atom. The lowest BCUT2D eigenvalue weighted by Gasteiger charge is -2.19. The van der Waals surface area contributed by atoms with Gasteiger partial charge in [-0.1, -0.05) is 6.42 Å². The lowest BCUT2D eigenvalue weighted by Crippen LogP contribution is -2.20. The number of hydrogen-bond donors (Lipinski definition) is 0. The molecule has 3 unspecified atom stereocenters. The van der Waals surface area contributed by atoms with Crippen molar-refractivity contribution in [3.8, 4) is 0 Å². The maximum absolute atomic E-state index is 12.3. The molecule has 0 radical (unpaired) electrons. The van der Waals surface area contributed by atoms with Crippen LogP contribution in [-0.4, -0.2) is 5.78 Å². The molecular weight excluding hydrogens is 272 g/mol. The zero-order chi connectivity index (χ0) is 10.4. The summed E-state index contributed by atoms with van der Waals surface area (Å²) in [5, 5.41) is 3.98. The van der Waals surface area contributed by atoms with Gasteiger partial charge in [0, 0.05) is 26.7 Å². The van der Waals surface area contributed by atoms with Gasteiger partial charge in [0.15, 0.2) is 5.78 Å². The monoisotopic (exact) mass is 284 g/mol. The van der Waals surface area contributed by atoms with Gasteiger partial charge in [-0.2, -0.15) is 11.3 Å². The maximum Gasteiger partial charge on any atom is 0.168 e. The molecule has 0 amide bonds. The van der Waals surface area contributed by atoms with E-state index in [1.165, 1.54) is 19.3 Å². The van der Waals surface area contributed by atoms with Crippen LogP contribution in [0.3, 0.4) is 0 Å². The molecular formula is C12H13BrOS. The molecule has 80 valence electrons. The fourth-order valence-electron chi connectivity index (χ4n) is 3.22. The molecule has 0 N–H and O–H groups in total. The molecule has 1 aromatic heterocycles. The van der Waals surface area contributed by atoms with Gasteiger partial charge in [-0.05, 0) is 47.0 Å². The van der Waals surface area contributed by atoms with Gasteiger partial charge >= 0.3 is 0 Å². The van der Waals surface area contributed by atoms with Crippen molar-refractivity contribution in [1.29, 1.82) is 0 Å². The summed E-state index contributed by atoms with van der Waals surface area (Å²) in [7, 11) is 0. The van der Waals surface area contributed by atoms with E-state index in [9.17, 15) is 4.79 Å². The van der Waals surface area contributed by atoms with Crippen LogP contribution in [0, 0.1) is 17.8 Å². The number of fused-ring (bicyclic) bond motifs is 2. The maximum atomic E-state index is 12.3. The third-order valence-electron chi connectivity index (χ3n) is 3.96. The normalized spacial score (nSPS) is 33.5. The molecule has 15 heavy (non-hydrogen) atoms. The molecule has 2 saturated carbocycles. The molecule has 2 aliphatic rings. The van der Waals surface area contributed by atoms with Crippen LogP contribution in [0.25, 0.3) is 0 Å². The molecule has 0 aliphatic heterocycles. The van der Waals surface area contributed by atoms with Gasteiger partial charge in [-0.3, -0.25) is 4.79 Å². The van der Waals surface area contributed by atoms with E-state index >= 15 is 0 Å². The van der Waals surface area contributed by atoms with Gasteiger partial charge in [0.2, 0.25) is 0 Å². The lowest BCUT2D eigenvalue weighted by atomic mass is 9.84. The lowest BCUT2D eigenvalue weighted by molar-refractivity contribution is 0.0874. The van der Waals surface area contributed by atoms with Crippen molar-refractivity contribution in [2.24, 2.45) is 17.8 Å². The van der Waals surface area contributed by atoms with E-state index in [-0.39, 0.29) is 0 Å². The Labute approximate surface area is 102 Å². The number of rotatable bonds is 2. The Kier molecular flexibility index (Phi) is 2.48. The van der Waals surface area contributed by atoms with Crippen molar-refractivity contribution in [2.75, 3.05) is 0 Å². The summed E-state index contributed by atoms with van der Waals surface area (Å²) >= 11 is 5.06. The van der Waals surface area contributed by atoms with Gasteiger partial charge in [-0.25, -0.2) is 0 Å². The molecule has 1 aromatic rings. The summed E-state index contributed by atoms with van der Waals surface area (Å²) in [5.74, 6) is 2.25. The largest absolute Gasteiger partial charge is 0.294 e. The fourth-order valence-corrected chi connectivity index (χ4v) is 4.70. The number of ketones is 1. The standard InChI is InChI=1S/C12H13BrOS/c13-11-6-15-5-10(11)12(14)9-4-7-1-2-8(9)3-7/h5-9H,1-4H2. The Morgan fingerprint density at radius 2 is 2.20 bits per heavy atom. The van der Waals surface area contributed by atoms with Crippen molar-refractivity contribution < 1.29 is 4.79 Å². The number of hydrogen-bond acceptors (Lipinski definition) is 2. The molecule has 2 fully saturated rings. The van der Waals surface area contributed by atoms with Gasteiger partial charge in [-0.15, -0.1) is 0 Å². The minimum Gasteiger partial charge on any atom is -0.294 e. The molecule has 0 saturated heterocycles. The van der Waals surface area contributed by atoms with E-state index in [4.69, 9.17) is 0 Å². The third-order valence-corrected chi connectivity index (χ3v) is 5.66. The number of halogens is 1. The summed E-state index contributed by atoms with van der Waals surface area (Å²) < 4.78 is 0.986. The van der Waals surface area contributed by atoms with Crippen LogP contribution >= 0.6 is 27.3 Å². The summed E-state index contributed by atoms with van der Waals surface area (Å²) in [6.07, 6.45) is 5.09. The molecule has 3 heteroatoms. The molecule has 3 atom stereocenters. The quantitative estimate of drug-likeness (QED) is 0.747. The summed E-state index contributed by atoms with van der Waals surface area (Å²) in [6, 6.07) is 0. The SMILES string of the molecule is O=C(c1cscc1Br)C1CC2CCC1C2. The topological polar surface area (TPSA) is 17.1 Å². The van der Waals surface area contributed by atoms with E-state index in [2.05, 4.69) is 15.9 Å². The van der Waals surface area contributed by atoms with Crippen molar-refractivity contribution in [3.63, 3.8) is 0 Å². The first kappa shape index (κ1) is 10.0. The Hall–Kier alpha value is -0.150. The van der Waals surface area contributed by atoms with Gasteiger partial charge < -0.3 is 0 Å². The Balaban J connectivity index is 1.84. The van der Waals surface area contributed by atoms with Gasteiger partial charge in [0.1, 0.15) is 0 Å². The summed E-state index contributed by atoms with van der Waals surface area (Å²) in [6.45, 7) is 0. The zero-order valence-electron chi connectivity index (χ0n) is 8.41. The number of Topliss-reactive ketones (excluding diaryl/α,β-unsaturated/α-hetero) is 1. The number of carbonyl (C=O) groups is 1. The minimum absolute atomic E-state index is 0.328. The highest BCUT2D eigenvalue weighted by atomic mass is 79.9. The zero-order valence-corrected chi connectivity index (χ0v) is 10.8. The molecule has 0 aromatic carbocycles. The molecule has 0 spiro atoms. The van der Waals surface area contributed by atoms with Crippen LogP contribution < -0.4 is 0 Å². The van der Waals surface area contributed by atoms with Gasteiger partial charge in [0.25, 0.3) is 0 Å². The van der Waals surface area contributed by atoms with Crippen LogP contribution in [0.2, 0.25) is 0 Å². The highest BCUT2D eigenvalue weighted by Crippen LogP contribution is 2.49. The predicted molar refractivity (Wildman–Crippen MR) is 65.3 cm³/mol. The first-order chi connectivity index (χ1) is 7.25. The summed E-state index contributed by atoms with van der Waals surface area (Å²) in [4.78, 5) is 12.3. The number of carbonyl (C=O) groups excluding carboxylic acids is 1. The van der Waals surface area contributed by atoms with Crippen LogP contribution in [0.15, 0.2) is 15.2 Å². The average molecular weight is 285 g/mol. The predicted octanol–water partition coefficient (Wildman–Crippen LogP) is 4.13. The van der Waals surface area contributed by atoms with E-state index in [0.29, 0.717) is 17.6 Å². The van der Waals surface area contributed by atoms with Crippen molar-refractivity contribution in [3.05, 3.63) is 20.8 Å². The van der Waals surface area contributed by atoms with Crippen LogP contribution in [0.4, 0.5) is 0 Å². The van der Waals surface area contributed by atoms with E-state index < -0.39 is 0 Å². The van der Waals surface area contributed by atoms with E-state index in [0.717, 1.165) is 22.4 Å². The van der Waals surface area contributed by atoms with Crippen molar-refractivity contribution in [1.82, 2.24) is 0 Å².